The summed E-state index contributed by atoms with van der Waals surface area (Å²) in [7, 11) is 10.3. The molecule has 0 saturated heterocycles. The predicted molar refractivity (Wildman–Crippen MR) is 305 cm³/mol. The van der Waals surface area contributed by atoms with Gasteiger partial charge in [0.1, 0.15) is 56.6 Å². The third kappa shape index (κ3) is 20.6. The van der Waals surface area contributed by atoms with E-state index >= 15 is 0 Å². The lowest BCUT2D eigenvalue weighted by molar-refractivity contribution is -0.115. The average Bonchev–Trinajstić information content (AvgIpc) is 3.44. The van der Waals surface area contributed by atoms with Crippen molar-refractivity contribution in [2.75, 3.05) is 55.8 Å². The van der Waals surface area contributed by atoms with Gasteiger partial charge in [0, 0.05) is 43.6 Å². The maximum Gasteiger partial charge on any atom is 0.275 e. The van der Waals surface area contributed by atoms with E-state index in [9.17, 15) is 14.4 Å². The number of aryl methyl sites for hydroxylation is 1. The van der Waals surface area contributed by atoms with Crippen LogP contribution in [0.3, 0.4) is 0 Å². The first-order chi connectivity index (χ1) is 36.8. The van der Waals surface area contributed by atoms with Crippen molar-refractivity contribution in [3.8, 4) is 11.5 Å². The second-order valence-corrected chi connectivity index (χ2v) is 17.4. The number of thioether (sulfide) groups is 2. The minimum Gasteiger partial charge on any atom is -0.472 e. The van der Waals surface area contributed by atoms with Gasteiger partial charge in [-0.15, -0.1) is 11.8 Å². The molecule has 0 heterocycles. The first kappa shape index (κ1) is 62.1. The normalized spacial score (nSPS) is 11.9. The SMILES string of the molecule is CCc1ccc(N=C(SC)SCc2ccccc2/C(=N\OC)C(=O)NC)cc1.CNC(=O)/C(=N/OC)c1ccccc1CO/N=C(C)/C(=N/OC)OC(C)C.CNC(=O)/C(=N/OC)c1ccccc1Oc1ccccc1. The summed E-state index contributed by atoms with van der Waals surface area (Å²) >= 11 is 3.24. The van der Waals surface area contributed by atoms with Crippen LogP contribution in [0.1, 0.15) is 61.1 Å². The van der Waals surface area contributed by atoms with Gasteiger partial charge in [-0.3, -0.25) is 14.4 Å². The number of para-hydroxylation sites is 2. The summed E-state index contributed by atoms with van der Waals surface area (Å²) < 4.78 is 12.3. The average molecular weight is 1080 g/mol. The summed E-state index contributed by atoms with van der Waals surface area (Å²) in [5.74, 6) is 1.11. The molecule has 21 heteroatoms. The van der Waals surface area contributed by atoms with Gasteiger partial charge in [0.05, 0.1) is 17.4 Å². The summed E-state index contributed by atoms with van der Waals surface area (Å²) in [5.41, 5.74) is 6.82. The zero-order chi connectivity index (χ0) is 55.7. The summed E-state index contributed by atoms with van der Waals surface area (Å²) in [6.07, 6.45) is 2.94. The molecule has 0 bridgehead atoms. The topological polar surface area (TPSA) is 226 Å². The fourth-order valence-electron chi connectivity index (χ4n) is 6.29. The third-order valence-corrected chi connectivity index (χ3v) is 12.0. The van der Waals surface area contributed by atoms with Crippen LogP contribution in [0, 0.1) is 0 Å². The molecule has 404 valence electrons. The summed E-state index contributed by atoms with van der Waals surface area (Å²) in [4.78, 5) is 65.5. The van der Waals surface area contributed by atoms with E-state index in [1.165, 1.54) is 48.1 Å². The van der Waals surface area contributed by atoms with E-state index in [-0.39, 0.29) is 53.5 Å². The molecule has 76 heavy (non-hydrogen) atoms. The van der Waals surface area contributed by atoms with Crippen LogP contribution in [-0.4, -0.2) is 113 Å². The number of carbonyl (C=O) groups is 3. The Kier molecular flexibility index (Phi) is 28.7. The van der Waals surface area contributed by atoms with E-state index in [1.807, 2.05) is 105 Å². The number of nitrogens with one attached hydrogen (secondary N) is 3. The van der Waals surface area contributed by atoms with Crippen LogP contribution in [0.4, 0.5) is 5.69 Å². The lowest BCUT2D eigenvalue weighted by atomic mass is 10.0. The predicted octanol–water partition coefficient (Wildman–Crippen LogP) is 9.27. The molecule has 5 rings (SSSR count). The highest BCUT2D eigenvalue weighted by Crippen LogP contribution is 2.28. The zero-order valence-electron chi connectivity index (χ0n) is 44.9. The summed E-state index contributed by atoms with van der Waals surface area (Å²) in [6.45, 7) is 7.67. The van der Waals surface area contributed by atoms with Crippen LogP contribution in [0.2, 0.25) is 0 Å². The molecule has 0 saturated carbocycles. The van der Waals surface area contributed by atoms with Gasteiger partial charge in [-0.05, 0) is 86.1 Å². The molecule has 0 aromatic heterocycles. The molecule has 0 atom stereocenters. The standard InChI is InChI=1S/C21H25N3O2S2.C18H26N4O5.C16H16N2O3/c1-5-15-10-12-17(13-11-15)23-21(27-4)28-14-16-8-6-7-9-18(16)19(24-26-3)20(25)22-2;1-12(2)27-18(22-25-6)13(3)20-26-11-14-9-7-8-10-15(14)16(21-24-5)17(23)19-4;1-17-16(19)15(18-20-2)13-10-6-7-11-14(13)21-12-8-4-3-5-9-12/h6-13H,5,14H2,1-4H3,(H,22,25);7-10,12H,11H2,1-6H3,(H,19,23);3-11H,1-2H3,(H,17,19)/b23-21?,24-19+;20-13+,21-16+,22-18-;18-15+. The third-order valence-electron chi connectivity index (χ3n) is 9.88. The van der Waals surface area contributed by atoms with E-state index in [2.05, 4.69) is 60.8 Å². The molecular weight excluding hydrogens is 1010 g/mol. The first-order valence-electron chi connectivity index (χ1n) is 23.6. The Balaban J connectivity index is 0.000000303. The second-order valence-electron chi connectivity index (χ2n) is 15.4. The van der Waals surface area contributed by atoms with Gasteiger partial charge >= 0.3 is 0 Å². The van der Waals surface area contributed by atoms with Crippen LogP contribution in [0.5, 0.6) is 11.5 Å². The number of amides is 3. The lowest BCUT2D eigenvalue weighted by Gasteiger charge is -2.12. The van der Waals surface area contributed by atoms with Gasteiger partial charge in [0.15, 0.2) is 17.1 Å². The first-order valence-corrected chi connectivity index (χ1v) is 25.8. The number of likely N-dealkylation sites (N-methyl/N-ethyl adjacent to an activating group) is 3. The minimum atomic E-state index is -0.371. The second kappa shape index (κ2) is 35.1. The lowest BCUT2D eigenvalue weighted by Crippen LogP contribution is -2.29. The van der Waals surface area contributed by atoms with E-state index in [1.54, 1.807) is 67.8 Å². The van der Waals surface area contributed by atoms with Crippen LogP contribution in [0.25, 0.3) is 0 Å². The number of nitrogens with zero attached hydrogens (tertiary/aromatic N) is 6. The summed E-state index contributed by atoms with van der Waals surface area (Å²) in [6, 6.07) is 39.7. The largest absolute Gasteiger partial charge is 0.472 e. The molecule has 5 aromatic rings. The van der Waals surface area contributed by atoms with Gasteiger partial charge in [0.2, 0.25) is 0 Å². The molecule has 0 aliphatic carbocycles. The van der Waals surface area contributed by atoms with E-state index in [4.69, 9.17) is 38.7 Å². The quantitative estimate of drug-likeness (QED) is 0.0355. The number of rotatable bonds is 21. The number of hydrogen-bond donors (Lipinski definition) is 3. The van der Waals surface area contributed by atoms with Gasteiger partial charge < -0.3 is 49.6 Å². The monoisotopic (exact) mass is 1080 g/mol. The fraction of sp³-hybridized carbons (Fsp3) is 0.291. The van der Waals surface area contributed by atoms with Crippen molar-refractivity contribution >= 4 is 80.1 Å². The molecule has 0 unspecified atom stereocenters. The molecule has 0 aliphatic heterocycles. The van der Waals surface area contributed by atoms with Crippen LogP contribution >= 0.6 is 23.5 Å². The number of benzene rings is 5. The molecule has 3 amide bonds. The van der Waals surface area contributed by atoms with Crippen molar-refractivity contribution in [1.29, 1.82) is 0 Å². The molecule has 3 N–H and O–H groups in total. The van der Waals surface area contributed by atoms with Gasteiger partial charge in [-0.25, -0.2) is 4.99 Å². The Hall–Kier alpha value is -8.17. The van der Waals surface area contributed by atoms with Crippen LogP contribution < -0.4 is 20.7 Å². The van der Waals surface area contributed by atoms with Crippen LogP contribution in [-0.2, 0) is 62.1 Å². The highest BCUT2D eigenvalue weighted by molar-refractivity contribution is 8.38. The van der Waals surface area contributed by atoms with Crippen molar-refractivity contribution in [3.63, 3.8) is 0 Å². The Morgan fingerprint density at radius 2 is 1.05 bits per heavy atom. The molecule has 0 aliphatic rings. The minimum absolute atomic E-state index is 0.0925. The number of oxime groups is 5. The van der Waals surface area contributed by atoms with Crippen molar-refractivity contribution in [2.24, 2.45) is 30.8 Å². The van der Waals surface area contributed by atoms with Crippen molar-refractivity contribution in [2.45, 2.75) is 52.6 Å². The summed E-state index contributed by atoms with van der Waals surface area (Å²) in [5, 5.41) is 27.0. The molecule has 5 aromatic carbocycles. The number of hydrogen-bond acceptors (Lipinski definition) is 18. The zero-order valence-corrected chi connectivity index (χ0v) is 46.5. The van der Waals surface area contributed by atoms with Crippen molar-refractivity contribution in [1.82, 2.24) is 16.0 Å². The maximum absolute atomic E-state index is 12.2. The van der Waals surface area contributed by atoms with E-state index in [0.29, 0.717) is 39.7 Å². The Morgan fingerprint density at radius 1 is 0.579 bits per heavy atom. The molecule has 19 nitrogen and oxygen atoms in total. The number of aliphatic imine (C=N–C) groups is 1. The molecule has 0 fully saturated rings. The van der Waals surface area contributed by atoms with Crippen molar-refractivity contribution in [3.05, 3.63) is 161 Å². The van der Waals surface area contributed by atoms with Gasteiger partial charge in [-0.1, -0.05) is 130 Å². The molecular formula is C55H67N9O10S2. The molecule has 0 radical (unpaired) electrons. The fourth-order valence-corrected chi connectivity index (χ4v) is 7.84. The Morgan fingerprint density at radius 3 is 1.55 bits per heavy atom. The van der Waals surface area contributed by atoms with E-state index < -0.39 is 0 Å². The van der Waals surface area contributed by atoms with E-state index in [0.717, 1.165) is 27.6 Å². The van der Waals surface area contributed by atoms with Gasteiger partial charge in [-0.2, -0.15) is 0 Å². The highest BCUT2D eigenvalue weighted by atomic mass is 32.2. The molecule has 0 spiro atoms. The number of ether oxygens (including phenoxy) is 2. The Labute approximate surface area is 453 Å². The van der Waals surface area contributed by atoms with Gasteiger partial charge in [0.25, 0.3) is 23.6 Å². The smallest absolute Gasteiger partial charge is 0.275 e. The number of carbonyl (C=O) groups excluding carboxylic acids is 3. The van der Waals surface area contributed by atoms with Crippen molar-refractivity contribution < 1.29 is 48.0 Å². The maximum atomic E-state index is 12.2. The highest BCUT2D eigenvalue weighted by Gasteiger charge is 2.21. The Bertz CT molecular complexity index is 2800. The van der Waals surface area contributed by atoms with Crippen LogP contribution in [0.15, 0.2) is 158 Å².